The average molecular weight is 384 g/mol. The van der Waals surface area contributed by atoms with Crippen molar-refractivity contribution in [3.8, 4) is 22.8 Å². The van der Waals surface area contributed by atoms with Gasteiger partial charge in [-0.2, -0.15) is 10.1 Å². The van der Waals surface area contributed by atoms with Gasteiger partial charge in [-0.05, 0) is 18.2 Å². The lowest BCUT2D eigenvalue weighted by atomic mass is 10.1. The van der Waals surface area contributed by atoms with Crippen LogP contribution in [0.2, 0.25) is 0 Å². The number of amides is 1. The molecule has 0 fully saturated rings. The van der Waals surface area contributed by atoms with Crippen LogP contribution in [-0.2, 0) is 11.2 Å². The van der Waals surface area contributed by atoms with Gasteiger partial charge in [-0.1, -0.05) is 0 Å². The number of aromatic nitrogens is 5. The van der Waals surface area contributed by atoms with Gasteiger partial charge in [0.15, 0.2) is 4.96 Å². The topological polar surface area (TPSA) is 106 Å². The third-order valence-corrected chi connectivity index (χ3v) is 4.87. The molecule has 4 aromatic rings. The number of imidazole rings is 1. The van der Waals surface area contributed by atoms with E-state index in [4.69, 9.17) is 9.47 Å². The van der Waals surface area contributed by atoms with Gasteiger partial charge in [-0.25, -0.2) is 10.1 Å². The minimum Gasteiger partial charge on any atom is -0.497 e. The van der Waals surface area contributed by atoms with Crippen LogP contribution < -0.4 is 14.8 Å². The normalized spacial score (nSPS) is 10.9. The Morgan fingerprint density at radius 1 is 1.33 bits per heavy atom. The van der Waals surface area contributed by atoms with Crippen molar-refractivity contribution in [2.75, 3.05) is 19.5 Å². The number of nitrogens with one attached hydrogen (secondary N) is 2. The fourth-order valence-corrected chi connectivity index (χ4v) is 3.58. The summed E-state index contributed by atoms with van der Waals surface area (Å²) in [6.07, 6.45) is 3.41. The van der Waals surface area contributed by atoms with E-state index in [0.29, 0.717) is 17.4 Å². The number of methoxy groups -OCH3 is 2. The number of anilines is 1. The number of carbonyl (C=O) groups excluding carboxylic acids is 1. The number of hydrogen-bond donors (Lipinski definition) is 2. The summed E-state index contributed by atoms with van der Waals surface area (Å²) in [7, 11) is 3.23. The van der Waals surface area contributed by atoms with Crippen LogP contribution >= 0.6 is 11.3 Å². The van der Waals surface area contributed by atoms with E-state index in [1.165, 1.54) is 17.7 Å². The number of thiazole rings is 1. The first-order valence-corrected chi connectivity index (χ1v) is 8.89. The standard InChI is InChI=1S/C17H16N6O3S/c1-25-11-3-4-14(26-2)12(6-11)13-7-23-10(8-27-17(23)20-13)5-15(24)21-16-18-9-19-22-16/h3-4,6-9H,5H2,1-2H3,(H2,18,19,21,22,24). The van der Waals surface area contributed by atoms with Gasteiger partial charge in [-0.3, -0.25) is 14.5 Å². The average Bonchev–Trinajstić information content (AvgIpc) is 3.40. The minimum atomic E-state index is -0.194. The molecular formula is C17H16N6O3S. The second-order valence-electron chi connectivity index (χ2n) is 5.63. The van der Waals surface area contributed by atoms with E-state index in [-0.39, 0.29) is 12.3 Å². The highest BCUT2D eigenvalue weighted by atomic mass is 32.1. The number of carbonyl (C=O) groups is 1. The maximum absolute atomic E-state index is 12.2. The minimum absolute atomic E-state index is 0.186. The zero-order chi connectivity index (χ0) is 18.8. The van der Waals surface area contributed by atoms with Crippen molar-refractivity contribution in [1.29, 1.82) is 0 Å². The van der Waals surface area contributed by atoms with Crippen LogP contribution in [0.15, 0.2) is 36.1 Å². The smallest absolute Gasteiger partial charge is 0.232 e. The van der Waals surface area contributed by atoms with Crippen molar-refractivity contribution in [1.82, 2.24) is 24.6 Å². The summed E-state index contributed by atoms with van der Waals surface area (Å²) < 4.78 is 12.6. The van der Waals surface area contributed by atoms with E-state index < -0.39 is 0 Å². The number of hydrogen-bond acceptors (Lipinski definition) is 7. The van der Waals surface area contributed by atoms with Gasteiger partial charge in [0.25, 0.3) is 0 Å². The van der Waals surface area contributed by atoms with Crippen LogP contribution in [0.1, 0.15) is 5.69 Å². The lowest BCUT2D eigenvalue weighted by Crippen LogP contribution is -2.16. The molecule has 10 heteroatoms. The molecule has 4 rings (SSSR count). The highest BCUT2D eigenvalue weighted by Gasteiger charge is 2.16. The monoisotopic (exact) mass is 384 g/mol. The predicted molar refractivity (Wildman–Crippen MR) is 100 cm³/mol. The highest BCUT2D eigenvalue weighted by Crippen LogP contribution is 2.34. The van der Waals surface area contributed by atoms with Crippen molar-refractivity contribution in [2.45, 2.75) is 6.42 Å². The summed E-state index contributed by atoms with van der Waals surface area (Å²) in [6.45, 7) is 0. The fourth-order valence-electron chi connectivity index (χ4n) is 2.71. The zero-order valence-corrected chi connectivity index (χ0v) is 15.4. The molecule has 0 unspecified atom stereocenters. The summed E-state index contributed by atoms with van der Waals surface area (Å²) in [5.41, 5.74) is 2.40. The number of nitrogens with zero attached hydrogens (tertiary/aromatic N) is 4. The molecule has 0 aliphatic rings. The largest absolute Gasteiger partial charge is 0.497 e. The maximum Gasteiger partial charge on any atom is 0.232 e. The Morgan fingerprint density at radius 2 is 2.22 bits per heavy atom. The molecule has 3 heterocycles. The highest BCUT2D eigenvalue weighted by molar-refractivity contribution is 7.15. The number of benzene rings is 1. The Labute approximate surface area is 158 Å². The summed E-state index contributed by atoms with van der Waals surface area (Å²) in [6, 6.07) is 5.55. The SMILES string of the molecule is COc1ccc(OC)c(-c2cn3c(CC(=O)Nc4ncn[nH]4)csc3n2)c1. The molecular weight excluding hydrogens is 368 g/mol. The Morgan fingerprint density at radius 3 is 2.96 bits per heavy atom. The van der Waals surface area contributed by atoms with E-state index in [1.54, 1.807) is 14.2 Å². The molecule has 0 saturated carbocycles. The summed E-state index contributed by atoms with van der Waals surface area (Å²) in [4.78, 5) is 21.5. The number of rotatable bonds is 6. The van der Waals surface area contributed by atoms with Gasteiger partial charge in [0.1, 0.15) is 17.8 Å². The van der Waals surface area contributed by atoms with Crippen LogP contribution in [0.4, 0.5) is 5.95 Å². The molecule has 2 N–H and O–H groups in total. The van der Waals surface area contributed by atoms with Gasteiger partial charge < -0.3 is 9.47 Å². The van der Waals surface area contributed by atoms with Crippen molar-refractivity contribution in [3.63, 3.8) is 0 Å². The molecule has 0 atom stereocenters. The number of aromatic amines is 1. The van der Waals surface area contributed by atoms with Crippen molar-refractivity contribution < 1.29 is 14.3 Å². The third kappa shape index (κ3) is 3.34. The number of fused-ring (bicyclic) bond motifs is 1. The van der Waals surface area contributed by atoms with Gasteiger partial charge in [0.05, 0.1) is 26.3 Å². The molecule has 0 bridgehead atoms. The van der Waals surface area contributed by atoms with Gasteiger partial charge in [0, 0.05) is 22.8 Å². The molecule has 0 aliphatic heterocycles. The van der Waals surface area contributed by atoms with Crippen molar-refractivity contribution in [2.24, 2.45) is 0 Å². The molecule has 1 aromatic carbocycles. The molecule has 0 saturated heterocycles. The first-order valence-electron chi connectivity index (χ1n) is 8.01. The van der Waals surface area contributed by atoms with Crippen LogP contribution in [-0.4, -0.2) is 44.7 Å². The molecule has 27 heavy (non-hydrogen) atoms. The molecule has 0 spiro atoms. The van der Waals surface area contributed by atoms with Crippen LogP contribution in [0.3, 0.4) is 0 Å². The van der Waals surface area contributed by atoms with Crippen molar-refractivity contribution in [3.05, 3.63) is 41.8 Å². The number of H-pyrrole nitrogens is 1. The predicted octanol–water partition coefficient (Wildman–Crippen LogP) is 2.38. The summed E-state index contributed by atoms with van der Waals surface area (Å²) in [5.74, 6) is 1.54. The summed E-state index contributed by atoms with van der Waals surface area (Å²) >= 11 is 1.47. The van der Waals surface area contributed by atoms with E-state index in [1.807, 2.05) is 34.2 Å². The first-order chi connectivity index (χ1) is 13.2. The quantitative estimate of drug-likeness (QED) is 0.529. The van der Waals surface area contributed by atoms with Gasteiger partial charge >= 0.3 is 0 Å². The van der Waals surface area contributed by atoms with Crippen LogP contribution in [0.5, 0.6) is 11.5 Å². The second kappa shape index (κ2) is 7.08. The van der Waals surface area contributed by atoms with Gasteiger partial charge in [-0.15, -0.1) is 11.3 Å². The molecule has 0 aliphatic carbocycles. The van der Waals surface area contributed by atoms with E-state index >= 15 is 0 Å². The molecule has 1 amide bonds. The lowest BCUT2D eigenvalue weighted by Gasteiger charge is -2.08. The van der Waals surface area contributed by atoms with E-state index in [2.05, 4.69) is 25.5 Å². The van der Waals surface area contributed by atoms with E-state index in [9.17, 15) is 4.79 Å². The Hall–Kier alpha value is -3.40. The Kier molecular flexibility index (Phi) is 4.47. The van der Waals surface area contributed by atoms with Crippen molar-refractivity contribution >= 4 is 28.2 Å². The second-order valence-corrected chi connectivity index (χ2v) is 6.47. The molecule has 9 nitrogen and oxygen atoms in total. The molecule has 138 valence electrons. The first kappa shape index (κ1) is 17.0. The maximum atomic E-state index is 12.2. The Bertz CT molecular complexity index is 1090. The van der Waals surface area contributed by atoms with Gasteiger partial charge in [0.2, 0.25) is 11.9 Å². The van der Waals surface area contributed by atoms with Crippen LogP contribution in [0.25, 0.3) is 16.2 Å². The molecule has 3 aromatic heterocycles. The summed E-state index contributed by atoms with van der Waals surface area (Å²) in [5, 5.41) is 10.9. The Balaban J connectivity index is 1.63. The van der Waals surface area contributed by atoms with E-state index in [0.717, 1.165) is 21.9 Å². The zero-order valence-electron chi connectivity index (χ0n) is 14.6. The fraction of sp³-hybridized carbons (Fsp3) is 0.176. The van der Waals surface area contributed by atoms with Crippen LogP contribution in [0, 0.1) is 0 Å². The lowest BCUT2D eigenvalue weighted by molar-refractivity contribution is -0.115. The molecule has 0 radical (unpaired) electrons. The third-order valence-electron chi connectivity index (χ3n) is 3.98. The number of ether oxygens (including phenoxy) is 2.